The van der Waals surface area contributed by atoms with Gasteiger partial charge in [-0.25, -0.2) is 0 Å². The Morgan fingerprint density at radius 1 is 1.36 bits per heavy atom. The van der Waals surface area contributed by atoms with Gasteiger partial charge in [0.25, 0.3) is 0 Å². The van der Waals surface area contributed by atoms with Crippen molar-refractivity contribution in [3.63, 3.8) is 0 Å². The topological polar surface area (TPSA) is 48.9 Å². The standard InChI is InChI=1S/C15H32N4OS.HI/c1-15(2,21-5)12-17-14(16-3)18-13-6-8-19(9-7-13)10-11-20-4;/h13H,6-12H2,1-5H3,(H2,16,17,18);1H. The summed E-state index contributed by atoms with van der Waals surface area (Å²) in [4.78, 5) is 6.81. The van der Waals surface area contributed by atoms with E-state index in [4.69, 9.17) is 4.74 Å². The van der Waals surface area contributed by atoms with E-state index in [9.17, 15) is 0 Å². The molecule has 0 atom stereocenters. The van der Waals surface area contributed by atoms with Gasteiger partial charge >= 0.3 is 0 Å². The second kappa shape index (κ2) is 11.8. The Bertz CT molecular complexity index is 321. The average molecular weight is 444 g/mol. The van der Waals surface area contributed by atoms with Crippen LogP contribution in [-0.2, 0) is 4.74 Å². The number of ether oxygens (including phenoxy) is 1. The Morgan fingerprint density at radius 2 is 2.00 bits per heavy atom. The smallest absolute Gasteiger partial charge is 0.191 e. The van der Waals surface area contributed by atoms with Crippen LogP contribution in [0.2, 0.25) is 0 Å². The molecule has 0 aromatic carbocycles. The number of nitrogens with one attached hydrogen (secondary N) is 2. The molecule has 0 bridgehead atoms. The molecule has 0 aromatic rings. The Hall–Kier alpha value is 0.270. The lowest BCUT2D eigenvalue weighted by molar-refractivity contribution is 0.128. The number of methoxy groups -OCH3 is 1. The molecule has 1 saturated heterocycles. The Balaban J connectivity index is 0.00000441. The first-order valence-corrected chi connectivity index (χ1v) is 8.97. The molecule has 0 aromatic heterocycles. The number of likely N-dealkylation sites (tertiary alicyclic amines) is 1. The van der Waals surface area contributed by atoms with Crippen molar-refractivity contribution in [2.75, 3.05) is 53.2 Å². The molecular formula is C15H33IN4OS. The minimum atomic E-state index is 0. The molecule has 22 heavy (non-hydrogen) atoms. The van der Waals surface area contributed by atoms with E-state index in [1.165, 1.54) is 0 Å². The van der Waals surface area contributed by atoms with Crippen molar-refractivity contribution < 1.29 is 4.74 Å². The van der Waals surface area contributed by atoms with Gasteiger partial charge in [-0.2, -0.15) is 11.8 Å². The van der Waals surface area contributed by atoms with Crippen molar-refractivity contribution in [3.05, 3.63) is 0 Å². The molecule has 0 aliphatic carbocycles. The summed E-state index contributed by atoms with van der Waals surface area (Å²) in [5, 5.41) is 6.99. The third-order valence-corrected chi connectivity index (χ3v) is 5.25. The molecule has 0 radical (unpaired) electrons. The predicted molar refractivity (Wildman–Crippen MR) is 109 cm³/mol. The SMILES string of the molecule is CN=C(NCC(C)(C)SC)NC1CCN(CCOC)CC1.I. The lowest BCUT2D eigenvalue weighted by atomic mass is 10.1. The average Bonchev–Trinajstić information content (AvgIpc) is 2.50. The molecule has 0 unspecified atom stereocenters. The van der Waals surface area contributed by atoms with Gasteiger partial charge in [-0.1, -0.05) is 0 Å². The summed E-state index contributed by atoms with van der Waals surface area (Å²) in [7, 11) is 3.61. The van der Waals surface area contributed by atoms with Gasteiger partial charge in [-0.3, -0.25) is 4.99 Å². The fraction of sp³-hybridized carbons (Fsp3) is 0.933. The van der Waals surface area contributed by atoms with Crippen LogP contribution in [-0.4, -0.2) is 74.8 Å². The zero-order valence-corrected chi connectivity index (χ0v) is 17.8. The molecule has 132 valence electrons. The minimum Gasteiger partial charge on any atom is -0.383 e. The highest BCUT2D eigenvalue weighted by molar-refractivity contribution is 14.0. The van der Waals surface area contributed by atoms with Crippen molar-refractivity contribution in [2.24, 2.45) is 4.99 Å². The molecule has 1 rings (SSSR count). The number of hydrogen-bond acceptors (Lipinski definition) is 4. The maximum atomic E-state index is 5.14. The quantitative estimate of drug-likeness (QED) is 0.358. The zero-order valence-electron chi connectivity index (χ0n) is 14.6. The predicted octanol–water partition coefficient (Wildman–Crippen LogP) is 2.02. The van der Waals surface area contributed by atoms with E-state index < -0.39 is 0 Å². The molecule has 5 nitrogen and oxygen atoms in total. The molecule has 1 heterocycles. The Labute approximate surface area is 157 Å². The van der Waals surface area contributed by atoms with Gasteiger partial charge < -0.3 is 20.3 Å². The zero-order chi connectivity index (χ0) is 15.7. The van der Waals surface area contributed by atoms with E-state index in [0.29, 0.717) is 6.04 Å². The number of hydrogen-bond donors (Lipinski definition) is 2. The van der Waals surface area contributed by atoms with Crippen LogP contribution in [0.5, 0.6) is 0 Å². The molecule has 1 aliphatic rings. The minimum absolute atomic E-state index is 0. The van der Waals surface area contributed by atoms with Gasteiger partial charge in [-0.05, 0) is 32.9 Å². The van der Waals surface area contributed by atoms with Crippen molar-refractivity contribution in [3.8, 4) is 0 Å². The largest absolute Gasteiger partial charge is 0.383 e. The molecule has 0 amide bonds. The Kier molecular flexibility index (Phi) is 11.9. The molecule has 2 N–H and O–H groups in total. The normalized spacial score (nSPS) is 18.0. The van der Waals surface area contributed by atoms with Crippen LogP contribution >= 0.6 is 35.7 Å². The molecule has 7 heteroatoms. The van der Waals surface area contributed by atoms with Crippen molar-refractivity contribution in [1.29, 1.82) is 0 Å². The summed E-state index contributed by atoms with van der Waals surface area (Å²) in [5.41, 5.74) is 0. The molecule has 1 aliphatic heterocycles. The maximum absolute atomic E-state index is 5.14. The van der Waals surface area contributed by atoms with Gasteiger partial charge in [0.1, 0.15) is 0 Å². The van der Waals surface area contributed by atoms with Crippen LogP contribution < -0.4 is 10.6 Å². The Morgan fingerprint density at radius 3 is 2.50 bits per heavy atom. The number of aliphatic imine (C=N–C) groups is 1. The van der Waals surface area contributed by atoms with Crippen LogP contribution in [0.3, 0.4) is 0 Å². The van der Waals surface area contributed by atoms with Crippen LogP contribution in [0, 0.1) is 0 Å². The van der Waals surface area contributed by atoms with Gasteiger partial charge in [0.05, 0.1) is 6.61 Å². The molecule has 0 spiro atoms. The fourth-order valence-electron chi connectivity index (χ4n) is 2.28. The summed E-state index contributed by atoms with van der Waals surface area (Å²) < 4.78 is 5.36. The van der Waals surface area contributed by atoms with Crippen LogP contribution in [0.4, 0.5) is 0 Å². The van der Waals surface area contributed by atoms with Crippen LogP contribution in [0.15, 0.2) is 4.99 Å². The number of halogens is 1. The first-order valence-electron chi connectivity index (χ1n) is 7.74. The second-order valence-corrected chi connectivity index (χ2v) is 7.66. The number of thioether (sulfide) groups is 1. The van der Waals surface area contributed by atoms with E-state index in [2.05, 4.69) is 40.6 Å². The summed E-state index contributed by atoms with van der Waals surface area (Å²) in [6.07, 6.45) is 4.47. The molecular weight excluding hydrogens is 411 g/mol. The van der Waals surface area contributed by atoms with Crippen molar-refractivity contribution >= 4 is 41.7 Å². The third-order valence-electron chi connectivity index (χ3n) is 4.00. The number of rotatable bonds is 7. The van der Waals surface area contributed by atoms with E-state index in [0.717, 1.165) is 51.6 Å². The highest BCUT2D eigenvalue weighted by Gasteiger charge is 2.21. The van der Waals surface area contributed by atoms with Gasteiger partial charge in [0, 0.05) is 51.1 Å². The van der Waals surface area contributed by atoms with Crippen LogP contribution in [0.1, 0.15) is 26.7 Å². The monoisotopic (exact) mass is 444 g/mol. The highest BCUT2D eigenvalue weighted by atomic mass is 127. The summed E-state index contributed by atoms with van der Waals surface area (Å²) >= 11 is 1.87. The van der Waals surface area contributed by atoms with Gasteiger partial charge in [0.2, 0.25) is 0 Å². The number of piperidine rings is 1. The van der Waals surface area contributed by atoms with Crippen LogP contribution in [0.25, 0.3) is 0 Å². The second-order valence-electron chi connectivity index (χ2n) is 6.14. The summed E-state index contributed by atoms with van der Waals surface area (Å²) in [5.74, 6) is 0.924. The van der Waals surface area contributed by atoms with Crippen molar-refractivity contribution in [1.82, 2.24) is 15.5 Å². The first kappa shape index (κ1) is 22.3. The van der Waals surface area contributed by atoms with E-state index in [-0.39, 0.29) is 28.7 Å². The lowest BCUT2D eigenvalue weighted by Crippen LogP contribution is -2.50. The maximum Gasteiger partial charge on any atom is 0.191 e. The van der Waals surface area contributed by atoms with E-state index >= 15 is 0 Å². The molecule has 1 fully saturated rings. The highest BCUT2D eigenvalue weighted by Crippen LogP contribution is 2.19. The lowest BCUT2D eigenvalue weighted by Gasteiger charge is -2.33. The molecule has 0 saturated carbocycles. The third kappa shape index (κ3) is 8.79. The number of nitrogens with zero attached hydrogens (tertiary/aromatic N) is 2. The van der Waals surface area contributed by atoms with Crippen molar-refractivity contribution in [2.45, 2.75) is 37.5 Å². The van der Waals surface area contributed by atoms with Gasteiger partial charge in [0.15, 0.2) is 5.96 Å². The summed E-state index contributed by atoms with van der Waals surface area (Å²) in [6, 6.07) is 0.521. The van der Waals surface area contributed by atoms with Gasteiger partial charge in [-0.15, -0.1) is 24.0 Å². The first-order chi connectivity index (χ1) is 10.0. The van der Waals surface area contributed by atoms with E-state index in [1.807, 2.05) is 18.8 Å². The number of guanidine groups is 1. The van der Waals surface area contributed by atoms with E-state index in [1.54, 1.807) is 7.11 Å². The fourth-order valence-corrected chi connectivity index (χ4v) is 2.49. The summed E-state index contributed by atoms with van der Waals surface area (Å²) in [6.45, 7) is 9.53.